The van der Waals surface area contributed by atoms with Gasteiger partial charge in [0, 0.05) is 0 Å². The maximum absolute atomic E-state index is 10.6. The summed E-state index contributed by atoms with van der Waals surface area (Å²) in [6.07, 6.45) is 1.59. The molecule has 0 aliphatic carbocycles. The monoisotopic (exact) mass is 202 g/mol. The van der Waals surface area contributed by atoms with Gasteiger partial charge in [-0.15, -0.1) is 0 Å². The lowest BCUT2D eigenvalue weighted by Gasteiger charge is -1.96. The Morgan fingerprint density at radius 2 is 1.69 bits per heavy atom. The molecular formula is C8H10O4S. The van der Waals surface area contributed by atoms with Crippen LogP contribution in [0.25, 0.3) is 6.08 Å². The predicted molar refractivity (Wildman–Crippen MR) is 50.0 cm³/mol. The van der Waals surface area contributed by atoms with Crippen molar-refractivity contribution in [1.29, 1.82) is 0 Å². The average molecular weight is 202 g/mol. The molecule has 0 bridgehead atoms. The SMILES string of the molecule is C=Cc1ccc(S(=O)(=O)O)cc1.O. The molecule has 0 aromatic heterocycles. The van der Waals surface area contributed by atoms with Gasteiger partial charge >= 0.3 is 0 Å². The molecule has 13 heavy (non-hydrogen) atoms. The van der Waals surface area contributed by atoms with E-state index in [0.717, 1.165) is 5.56 Å². The maximum atomic E-state index is 10.6. The Kier molecular flexibility index (Phi) is 3.80. The van der Waals surface area contributed by atoms with Gasteiger partial charge in [0.15, 0.2) is 0 Å². The van der Waals surface area contributed by atoms with Crippen molar-refractivity contribution < 1.29 is 18.4 Å². The van der Waals surface area contributed by atoms with Crippen molar-refractivity contribution in [2.24, 2.45) is 0 Å². The number of benzene rings is 1. The summed E-state index contributed by atoms with van der Waals surface area (Å²) in [4.78, 5) is -0.104. The highest BCUT2D eigenvalue weighted by molar-refractivity contribution is 7.85. The molecule has 0 atom stereocenters. The minimum atomic E-state index is -4.06. The van der Waals surface area contributed by atoms with Gasteiger partial charge in [0.25, 0.3) is 10.1 Å². The van der Waals surface area contributed by atoms with Crippen LogP contribution in [0, 0.1) is 0 Å². The topological polar surface area (TPSA) is 85.9 Å². The van der Waals surface area contributed by atoms with E-state index in [9.17, 15) is 8.42 Å². The van der Waals surface area contributed by atoms with Crippen LogP contribution in [0.3, 0.4) is 0 Å². The molecule has 1 rings (SSSR count). The van der Waals surface area contributed by atoms with Crippen molar-refractivity contribution in [2.45, 2.75) is 4.90 Å². The molecule has 0 fully saturated rings. The molecule has 5 heteroatoms. The zero-order valence-electron chi connectivity index (χ0n) is 6.77. The fraction of sp³-hybridized carbons (Fsp3) is 0. The van der Waals surface area contributed by atoms with Gasteiger partial charge in [-0.3, -0.25) is 4.55 Å². The molecule has 0 saturated heterocycles. The van der Waals surface area contributed by atoms with Gasteiger partial charge in [0.1, 0.15) is 0 Å². The molecular weight excluding hydrogens is 192 g/mol. The molecule has 0 aliphatic heterocycles. The van der Waals surface area contributed by atoms with Crippen LogP contribution in [0.4, 0.5) is 0 Å². The molecule has 72 valence electrons. The second-order valence-corrected chi connectivity index (χ2v) is 3.67. The Labute approximate surface area is 76.6 Å². The fourth-order valence-electron chi connectivity index (χ4n) is 0.776. The van der Waals surface area contributed by atoms with Gasteiger partial charge in [-0.1, -0.05) is 24.8 Å². The number of rotatable bonds is 2. The molecule has 0 aliphatic rings. The average Bonchev–Trinajstić information content (AvgIpc) is 2.03. The van der Waals surface area contributed by atoms with E-state index < -0.39 is 10.1 Å². The summed E-state index contributed by atoms with van der Waals surface area (Å²) >= 11 is 0. The summed E-state index contributed by atoms with van der Waals surface area (Å²) in [5.74, 6) is 0. The van der Waals surface area contributed by atoms with Crippen molar-refractivity contribution in [3.8, 4) is 0 Å². The summed E-state index contributed by atoms with van der Waals surface area (Å²) in [5.41, 5.74) is 0.808. The van der Waals surface area contributed by atoms with Crippen LogP contribution < -0.4 is 0 Å². The lowest BCUT2D eigenvalue weighted by molar-refractivity contribution is 0.483. The molecule has 1 aromatic rings. The summed E-state index contributed by atoms with van der Waals surface area (Å²) in [6.45, 7) is 3.51. The summed E-state index contributed by atoms with van der Waals surface area (Å²) in [6, 6.07) is 5.78. The zero-order valence-corrected chi connectivity index (χ0v) is 7.58. The van der Waals surface area contributed by atoms with Crippen LogP contribution in [-0.4, -0.2) is 18.4 Å². The van der Waals surface area contributed by atoms with Crippen LogP contribution in [-0.2, 0) is 10.1 Å². The largest absolute Gasteiger partial charge is 0.412 e. The van der Waals surface area contributed by atoms with E-state index in [1.807, 2.05) is 0 Å². The van der Waals surface area contributed by atoms with E-state index in [-0.39, 0.29) is 10.4 Å². The molecule has 0 unspecified atom stereocenters. The van der Waals surface area contributed by atoms with Gasteiger partial charge in [0.2, 0.25) is 0 Å². The minimum Gasteiger partial charge on any atom is -0.412 e. The molecule has 0 spiro atoms. The molecule has 0 heterocycles. The normalized spacial score (nSPS) is 10.2. The van der Waals surface area contributed by atoms with Gasteiger partial charge in [-0.05, 0) is 17.7 Å². The lowest BCUT2D eigenvalue weighted by atomic mass is 10.2. The van der Waals surface area contributed by atoms with E-state index in [0.29, 0.717) is 0 Å². The molecule has 0 amide bonds. The second-order valence-electron chi connectivity index (χ2n) is 2.25. The predicted octanol–water partition coefficient (Wildman–Crippen LogP) is 0.752. The van der Waals surface area contributed by atoms with E-state index >= 15 is 0 Å². The molecule has 0 radical (unpaired) electrons. The van der Waals surface area contributed by atoms with Crippen molar-refractivity contribution in [2.75, 3.05) is 0 Å². The first kappa shape index (κ1) is 11.8. The van der Waals surface area contributed by atoms with E-state index in [1.54, 1.807) is 18.2 Å². The van der Waals surface area contributed by atoms with Gasteiger partial charge in [-0.25, -0.2) is 0 Å². The summed E-state index contributed by atoms with van der Waals surface area (Å²) in [5, 5.41) is 0. The Morgan fingerprint density at radius 1 is 1.23 bits per heavy atom. The quantitative estimate of drug-likeness (QED) is 0.718. The first-order chi connectivity index (χ1) is 5.54. The van der Waals surface area contributed by atoms with Crippen LogP contribution in [0.5, 0.6) is 0 Å². The van der Waals surface area contributed by atoms with E-state index in [4.69, 9.17) is 4.55 Å². The van der Waals surface area contributed by atoms with Crippen LogP contribution in [0.2, 0.25) is 0 Å². The number of hydrogen-bond acceptors (Lipinski definition) is 2. The maximum Gasteiger partial charge on any atom is 0.294 e. The molecule has 3 N–H and O–H groups in total. The molecule has 4 nitrogen and oxygen atoms in total. The third-order valence-electron chi connectivity index (χ3n) is 1.41. The molecule has 0 saturated carbocycles. The minimum absolute atomic E-state index is 0. The Bertz CT molecular complexity index is 377. The van der Waals surface area contributed by atoms with Crippen molar-refractivity contribution >= 4 is 16.2 Å². The van der Waals surface area contributed by atoms with E-state index in [2.05, 4.69) is 6.58 Å². The molecule has 1 aromatic carbocycles. The highest BCUT2D eigenvalue weighted by Gasteiger charge is 2.07. The van der Waals surface area contributed by atoms with Crippen LogP contribution >= 0.6 is 0 Å². The third-order valence-corrected chi connectivity index (χ3v) is 2.28. The Morgan fingerprint density at radius 3 is 2.00 bits per heavy atom. The van der Waals surface area contributed by atoms with Crippen LogP contribution in [0.15, 0.2) is 35.7 Å². The number of hydrogen-bond donors (Lipinski definition) is 1. The van der Waals surface area contributed by atoms with Gasteiger partial charge < -0.3 is 5.48 Å². The third kappa shape index (κ3) is 2.98. The lowest BCUT2D eigenvalue weighted by Crippen LogP contribution is -1.96. The highest BCUT2D eigenvalue weighted by atomic mass is 32.2. The van der Waals surface area contributed by atoms with Crippen molar-refractivity contribution in [1.82, 2.24) is 0 Å². The fourth-order valence-corrected chi connectivity index (χ4v) is 1.26. The van der Waals surface area contributed by atoms with Crippen molar-refractivity contribution in [3.05, 3.63) is 36.4 Å². The smallest absolute Gasteiger partial charge is 0.294 e. The van der Waals surface area contributed by atoms with Crippen LogP contribution in [0.1, 0.15) is 5.56 Å². The zero-order chi connectivity index (χ0) is 9.19. The summed E-state index contributed by atoms with van der Waals surface area (Å²) < 4.78 is 29.7. The first-order valence-electron chi connectivity index (χ1n) is 3.24. The van der Waals surface area contributed by atoms with Gasteiger partial charge in [-0.2, -0.15) is 8.42 Å². The second kappa shape index (κ2) is 4.18. The first-order valence-corrected chi connectivity index (χ1v) is 4.68. The standard InChI is InChI=1S/C8H8O3S.H2O/c1-2-7-3-5-8(6-4-7)12(9,10)11;/h2-6H,1H2,(H,9,10,11);1H2. The highest BCUT2D eigenvalue weighted by Crippen LogP contribution is 2.10. The summed E-state index contributed by atoms with van der Waals surface area (Å²) in [7, 11) is -4.06. The Balaban J connectivity index is 0.00000144. The Hall–Kier alpha value is -1.17. The van der Waals surface area contributed by atoms with Crippen molar-refractivity contribution in [3.63, 3.8) is 0 Å². The van der Waals surface area contributed by atoms with E-state index in [1.165, 1.54) is 12.1 Å². The van der Waals surface area contributed by atoms with Gasteiger partial charge in [0.05, 0.1) is 4.90 Å².